The second-order valence-corrected chi connectivity index (χ2v) is 6.03. The monoisotopic (exact) mass is 345 g/mol. The number of amides is 1. The first-order valence-corrected chi connectivity index (χ1v) is 7.70. The lowest BCUT2D eigenvalue weighted by atomic mass is 10.1. The molecule has 0 aliphatic heterocycles. The number of carbonyl (C=O) groups is 1. The maximum Gasteiger partial charge on any atom is 0.255 e. The first kappa shape index (κ1) is 14.1. The van der Waals surface area contributed by atoms with E-state index in [0.29, 0.717) is 28.3 Å². The Bertz CT molecular complexity index is 656. The number of anilines is 1. The van der Waals surface area contributed by atoms with E-state index in [0.717, 1.165) is 18.4 Å². The Morgan fingerprint density at radius 2 is 2.14 bits per heavy atom. The summed E-state index contributed by atoms with van der Waals surface area (Å²) >= 11 is 3.42. The highest BCUT2D eigenvalue weighted by Crippen LogP contribution is 2.32. The van der Waals surface area contributed by atoms with Crippen LogP contribution in [0.25, 0.3) is 0 Å². The van der Waals surface area contributed by atoms with Gasteiger partial charge in [-0.25, -0.2) is 0 Å². The summed E-state index contributed by atoms with van der Waals surface area (Å²) in [5.41, 5.74) is 8.11. The van der Waals surface area contributed by atoms with E-state index in [1.165, 1.54) is 0 Å². The Labute approximate surface area is 132 Å². The average Bonchev–Trinajstić information content (AvgIpc) is 3.33. The van der Waals surface area contributed by atoms with Crippen molar-refractivity contribution >= 4 is 27.5 Å². The van der Waals surface area contributed by atoms with E-state index in [1.54, 1.807) is 24.5 Å². The molecule has 0 bridgehead atoms. The van der Waals surface area contributed by atoms with Gasteiger partial charge in [0.2, 0.25) is 0 Å². The Morgan fingerprint density at radius 3 is 2.81 bits per heavy atom. The summed E-state index contributed by atoms with van der Waals surface area (Å²) in [6.45, 7) is 0.582. The summed E-state index contributed by atoms with van der Waals surface area (Å²) in [6.07, 6.45) is 5.66. The van der Waals surface area contributed by atoms with Crippen molar-refractivity contribution < 1.29 is 4.79 Å². The molecule has 4 nitrogen and oxygen atoms in total. The fraction of sp³-hybridized carbons (Fsp3) is 0.250. The maximum absolute atomic E-state index is 12.8. The third kappa shape index (κ3) is 3.08. The van der Waals surface area contributed by atoms with Crippen LogP contribution in [0.15, 0.2) is 47.2 Å². The number of nitrogen functional groups attached to an aromatic ring is 1. The van der Waals surface area contributed by atoms with Gasteiger partial charge >= 0.3 is 0 Å². The molecule has 0 unspecified atom stereocenters. The molecule has 1 aromatic carbocycles. The second-order valence-electron chi connectivity index (χ2n) is 5.23. The summed E-state index contributed by atoms with van der Waals surface area (Å²) in [7, 11) is 0. The molecule has 1 aliphatic rings. The van der Waals surface area contributed by atoms with Crippen molar-refractivity contribution in [3.63, 3.8) is 0 Å². The topological polar surface area (TPSA) is 59.2 Å². The van der Waals surface area contributed by atoms with Gasteiger partial charge < -0.3 is 10.6 Å². The van der Waals surface area contributed by atoms with E-state index >= 15 is 0 Å². The molecule has 0 atom stereocenters. The number of hydrogen-bond donors (Lipinski definition) is 1. The van der Waals surface area contributed by atoms with Crippen molar-refractivity contribution in [2.24, 2.45) is 0 Å². The van der Waals surface area contributed by atoms with Crippen LogP contribution in [0.3, 0.4) is 0 Å². The fourth-order valence-electron chi connectivity index (χ4n) is 2.31. The minimum absolute atomic E-state index is 0.0144. The molecule has 108 valence electrons. The Kier molecular flexibility index (Phi) is 3.92. The van der Waals surface area contributed by atoms with E-state index < -0.39 is 0 Å². The van der Waals surface area contributed by atoms with Crippen molar-refractivity contribution in [3.8, 4) is 0 Å². The Hall–Kier alpha value is -1.88. The third-order valence-electron chi connectivity index (χ3n) is 3.58. The molecular formula is C16H16BrN3O. The van der Waals surface area contributed by atoms with Crippen LogP contribution < -0.4 is 5.73 Å². The molecule has 1 fully saturated rings. The van der Waals surface area contributed by atoms with Gasteiger partial charge in [0.25, 0.3) is 5.91 Å². The molecule has 1 heterocycles. The van der Waals surface area contributed by atoms with E-state index in [2.05, 4.69) is 20.9 Å². The molecule has 1 aromatic heterocycles. The predicted molar refractivity (Wildman–Crippen MR) is 85.7 cm³/mol. The molecule has 5 heteroatoms. The Morgan fingerprint density at radius 1 is 1.33 bits per heavy atom. The zero-order valence-electron chi connectivity index (χ0n) is 11.5. The molecule has 0 spiro atoms. The summed E-state index contributed by atoms with van der Waals surface area (Å²) in [4.78, 5) is 18.9. The number of halogens is 1. The smallest absolute Gasteiger partial charge is 0.255 e. The maximum atomic E-state index is 12.8. The van der Waals surface area contributed by atoms with Crippen LogP contribution in [0.1, 0.15) is 28.8 Å². The molecule has 21 heavy (non-hydrogen) atoms. The minimum Gasteiger partial charge on any atom is -0.398 e. The fourth-order valence-corrected chi connectivity index (χ4v) is 2.74. The van der Waals surface area contributed by atoms with Gasteiger partial charge in [0, 0.05) is 30.7 Å². The number of pyridine rings is 1. The number of nitrogens with zero attached hydrogens (tertiary/aromatic N) is 2. The minimum atomic E-state index is 0.0144. The van der Waals surface area contributed by atoms with Crippen LogP contribution in [0.5, 0.6) is 0 Å². The van der Waals surface area contributed by atoms with Crippen LogP contribution in [0.4, 0.5) is 5.69 Å². The molecule has 1 aliphatic carbocycles. The number of nitrogens with two attached hydrogens (primary N) is 1. The van der Waals surface area contributed by atoms with Crippen molar-refractivity contribution in [2.75, 3.05) is 5.73 Å². The van der Waals surface area contributed by atoms with E-state index in [-0.39, 0.29) is 5.91 Å². The largest absolute Gasteiger partial charge is 0.398 e. The van der Waals surface area contributed by atoms with E-state index in [1.807, 2.05) is 23.1 Å². The number of rotatable bonds is 4. The van der Waals surface area contributed by atoms with Crippen molar-refractivity contribution in [1.29, 1.82) is 0 Å². The van der Waals surface area contributed by atoms with Gasteiger partial charge in [-0.3, -0.25) is 9.78 Å². The van der Waals surface area contributed by atoms with Crippen molar-refractivity contribution in [2.45, 2.75) is 25.4 Å². The van der Waals surface area contributed by atoms with Gasteiger partial charge in [0.1, 0.15) is 0 Å². The average molecular weight is 346 g/mol. The van der Waals surface area contributed by atoms with Gasteiger partial charge in [0.15, 0.2) is 0 Å². The van der Waals surface area contributed by atoms with Gasteiger partial charge in [-0.05, 0) is 52.5 Å². The Balaban J connectivity index is 1.87. The molecule has 0 saturated heterocycles. The molecule has 2 N–H and O–H groups in total. The van der Waals surface area contributed by atoms with Crippen LogP contribution in [-0.4, -0.2) is 21.8 Å². The van der Waals surface area contributed by atoms with E-state index in [9.17, 15) is 4.79 Å². The van der Waals surface area contributed by atoms with Gasteiger partial charge in [-0.15, -0.1) is 0 Å². The second kappa shape index (κ2) is 5.85. The summed E-state index contributed by atoms with van der Waals surface area (Å²) in [5, 5.41) is 0. The standard InChI is InChI=1S/C16H16BrN3O/c17-15-13(4-1-5-14(15)18)16(21)20(12-6-7-12)10-11-3-2-8-19-9-11/h1-5,8-9,12H,6-7,10,18H2. The number of hydrogen-bond acceptors (Lipinski definition) is 3. The van der Waals surface area contributed by atoms with Crippen molar-refractivity contribution in [1.82, 2.24) is 9.88 Å². The number of aromatic nitrogens is 1. The highest BCUT2D eigenvalue weighted by Gasteiger charge is 2.33. The van der Waals surface area contributed by atoms with Gasteiger partial charge in [0.05, 0.1) is 10.0 Å². The lowest BCUT2D eigenvalue weighted by Crippen LogP contribution is -2.33. The summed E-state index contributed by atoms with van der Waals surface area (Å²) in [6, 6.07) is 9.60. The number of benzene rings is 1. The summed E-state index contributed by atoms with van der Waals surface area (Å²) < 4.78 is 0.673. The van der Waals surface area contributed by atoms with Crippen LogP contribution in [0.2, 0.25) is 0 Å². The predicted octanol–water partition coefficient (Wildman–Crippen LogP) is 3.23. The third-order valence-corrected chi connectivity index (χ3v) is 4.47. The van der Waals surface area contributed by atoms with Crippen LogP contribution >= 0.6 is 15.9 Å². The lowest BCUT2D eigenvalue weighted by Gasteiger charge is -2.23. The molecule has 0 radical (unpaired) electrons. The van der Waals surface area contributed by atoms with Crippen molar-refractivity contribution in [3.05, 3.63) is 58.3 Å². The normalized spacial score (nSPS) is 14.0. The molecular weight excluding hydrogens is 330 g/mol. The highest BCUT2D eigenvalue weighted by molar-refractivity contribution is 9.10. The van der Waals surface area contributed by atoms with Gasteiger partial charge in [-0.1, -0.05) is 12.1 Å². The molecule has 1 saturated carbocycles. The summed E-state index contributed by atoms with van der Waals surface area (Å²) in [5.74, 6) is 0.0144. The molecule has 2 aromatic rings. The highest BCUT2D eigenvalue weighted by atomic mass is 79.9. The lowest BCUT2D eigenvalue weighted by molar-refractivity contribution is 0.0729. The zero-order valence-corrected chi connectivity index (χ0v) is 13.1. The first-order chi connectivity index (χ1) is 10.2. The van der Waals surface area contributed by atoms with E-state index in [4.69, 9.17) is 5.73 Å². The van der Waals surface area contributed by atoms with Crippen LogP contribution in [0, 0.1) is 0 Å². The molecule has 1 amide bonds. The van der Waals surface area contributed by atoms with Gasteiger partial charge in [-0.2, -0.15) is 0 Å². The quantitative estimate of drug-likeness (QED) is 0.865. The zero-order chi connectivity index (χ0) is 14.8. The van der Waals surface area contributed by atoms with Crippen LogP contribution in [-0.2, 0) is 6.54 Å². The molecule has 3 rings (SSSR count). The first-order valence-electron chi connectivity index (χ1n) is 6.90. The number of carbonyl (C=O) groups excluding carboxylic acids is 1. The SMILES string of the molecule is Nc1cccc(C(=O)N(Cc2cccnc2)C2CC2)c1Br.